The molecule has 2 heterocycles. The monoisotopic (exact) mass is 223 g/mol. The second-order valence-corrected chi connectivity index (χ2v) is 4.42. The molecule has 2 aromatic rings. The molecule has 2 unspecified atom stereocenters. The van der Waals surface area contributed by atoms with Crippen molar-refractivity contribution in [1.29, 1.82) is 0 Å². The number of H-pyrrole nitrogens is 1. The third-order valence-electron chi connectivity index (χ3n) is 2.39. The van der Waals surface area contributed by atoms with E-state index in [0.29, 0.717) is 5.82 Å². The molecule has 5 nitrogen and oxygen atoms in total. The molecule has 0 bridgehead atoms. The van der Waals surface area contributed by atoms with Gasteiger partial charge < -0.3 is 5.73 Å². The minimum Gasteiger partial charge on any atom is -0.327 e. The number of aromatic nitrogens is 4. The van der Waals surface area contributed by atoms with E-state index in [1.165, 1.54) is 6.33 Å². The van der Waals surface area contributed by atoms with Gasteiger partial charge in [0.1, 0.15) is 6.33 Å². The van der Waals surface area contributed by atoms with E-state index in [2.05, 4.69) is 27.1 Å². The average Bonchev–Trinajstić information content (AvgIpc) is 2.86. The lowest BCUT2D eigenvalue weighted by Crippen LogP contribution is -2.22. The zero-order valence-electron chi connectivity index (χ0n) is 8.64. The molecule has 0 aromatic carbocycles. The van der Waals surface area contributed by atoms with E-state index in [-0.39, 0.29) is 12.0 Å². The Morgan fingerprint density at radius 3 is 2.87 bits per heavy atom. The molecule has 0 aliphatic carbocycles. The number of nitrogens with two attached hydrogens (primary N) is 1. The Balaban J connectivity index is 2.25. The highest BCUT2D eigenvalue weighted by molar-refractivity contribution is 7.13. The van der Waals surface area contributed by atoms with Gasteiger partial charge in [0.25, 0.3) is 0 Å². The van der Waals surface area contributed by atoms with Crippen molar-refractivity contribution >= 4 is 11.3 Å². The minimum atomic E-state index is 0.106. The summed E-state index contributed by atoms with van der Waals surface area (Å²) < 4.78 is 0. The lowest BCUT2D eigenvalue weighted by Gasteiger charge is -2.11. The quantitative estimate of drug-likeness (QED) is 0.823. The van der Waals surface area contributed by atoms with Crippen molar-refractivity contribution in [1.82, 2.24) is 20.2 Å². The van der Waals surface area contributed by atoms with Crippen LogP contribution in [0, 0.1) is 0 Å². The molecule has 6 heteroatoms. The molecule has 0 fully saturated rings. The molecule has 0 saturated heterocycles. The van der Waals surface area contributed by atoms with Crippen LogP contribution in [0.2, 0.25) is 0 Å². The molecular weight excluding hydrogens is 210 g/mol. The number of nitrogens with one attached hydrogen (secondary N) is 1. The fourth-order valence-electron chi connectivity index (χ4n) is 1.18. The summed E-state index contributed by atoms with van der Waals surface area (Å²) in [5, 5.41) is 9.46. The van der Waals surface area contributed by atoms with Gasteiger partial charge in [-0.25, -0.2) is 9.97 Å². The Morgan fingerprint density at radius 2 is 2.27 bits per heavy atom. The predicted octanol–water partition coefficient (Wildman–Crippen LogP) is 1.38. The van der Waals surface area contributed by atoms with Crippen molar-refractivity contribution in [3.63, 3.8) is 0 Å². The molecule has 0 amide bonds. The van der Waals surface area contributed by atoms with Crippen LogP contribution in [0.1, 0.15) is 25.5 Å². The van der Waals surface area contributed by atoms with E-state index in [9.17, 15) is 0 Å². The molecule has 15 heavy (non-hydrogen) atoms. The summed E-state index contributed by atoms with van der Waals surface area (Å²) in [5.74, 6) is 0.973. The molecule has 0 saturated carbocycles. The second-order valence-electron chi connectivity index (χ2n) is 3.56. The smallest absolute Gasteiger partial charge is 0.184 e. The van der Waals surface area contributed by atoms with Crippen LogP contribution < -0.4 is 5.73 Å². The molecule has 80 valence electrons. The number of aromatic amines is 1. The zero-order chi connectivity index (χ0) is 10.8. The Labute approximate surface area is 91.8 Å². The molecular formula is C9H13N5S. The first-order valence-corrected chi connectivity index (χ1v) is 5.63. The second kappa shape index (κ2) is 4.08. The molecule has 3 N–H and O–H groups in total. The summed E-state index contributed by atoms with van der Waals surface area (Å²) in [5.41, 5.74) is 6.84. The lowest BCUT2D eigenvalue weighted by molar-refractivity contribution is 0.602. The van der Waals surface area contributed by atoms with Crippen LogP contribution in [0.5, 0.6) is 0 Å². The van der Waals surface area contributed by atoms with E-state index in [1.54, 1.807) is 11.3 Å². The predicted molar refractivity (Wildman–Crippen MR) is 59.6 cm³/mol. The van der Waals surface area contributed by atoms with Crippen LogP contribution in [0.25, 0.3) is 10.8 Å². The molecule has 2 aromatic heterocycles. The minimum absolute atomic E-state index is 0.106. The van der Waals surface area contributed by atoms with Gasteiger partial charge in [-0.15, -0.1) is 11.3 Å². The number of hydrogen-bond donors (Lipinski definition) is 2. The van der Waals surface area contributed by atoms with Gasteiger partial charge in [-0.05, 0) is 6.92 Å². The summed E-state index contributed by atoms with van der Waals surface area (Å²) in [4.78, 5) is 8.53. The summed E-state index contributed by atoms with van der Waals surface area (Å²) in [6, 6.07) is 0.106. The molecule has 0 aliphatic rings. The van der Waals surface area contributed by atoms with E-state index in [4.69, 9.17) is 5.73 Å². The van der Waals surface area contributed by atoms with Crippen molar-refractivity contribution in [3.8, 4) is 10.8 Å². The highest BCUT2D eigenvalue weighted by atomic mass is 32.1. The van der Waals surface area contributed by atoms with Crippen molar-refractivity contribution in [3.05, 3.63) is 17.4 Å². The Bertz CT molecular complexity index is 419. The summed E-state index contributed by atoms with van der Waals surface area (Å²) in [6.07, 6.45) is 1.48. The van der Waals surface area contributed by atoms with Gasteiger partial charge in [0.05, 0.1) is 5.69 Å². The van der Waals surface area contributed by atoms with Crippen LogP contribution in [0.4, 0.5) is 0 Å². The van der Waals surface area contributed by atoms with Crippen LogP contribution in [-0.2, 0) is 0 Å². The molecule has 0 radical (unpaired) electrons. The molecule has 2 atom stereocenters. The fraction of sp³-hybridized carbons (Fsp3) is 0.444. The number of hydrogen-bond acceptors (Lipinski definition) is 5. The van der Waals surface area contributed by atoms with Crippen LogP contribution >= 0.6 is 11.3 Å². The average molecular weight is 223 g/mol. The largest absolute Gasteiger partial charge is 0.327 e. The van der Waals surface area contributed by atoms with E-state index in [1.807, 2.05) is 12.3 Å². The van der Waals surface area contributed by atoms with Gasteiger partial charge in [0, 0.05) is 17.3 Å². The summed E-state index contributed by atoms with van der Waals surface area (Å²) in [6.45, 7) is 4.06. The van der Waals surface area contributed by atoms with E-state index >= 15 is 0 Å². The third kappa shape index (κ3) is 2.05. The molecule has 2 rings (SSSR count). The summed E-state index contributed by atoms with van der Waals surface area (Å²) in [7, 11) is 0. The van der Waals surface area contributed by atoms with E-state index in [0.717, 1.165) is 10.7 Å². The summed E-state index contributed by atoms with van der Waals surface area (Å²) >= 11 is 1.55. The maximum atomic E-state index is 5.82. The maximum absolute atomic E-state index is 5.82. The molecule has 0 spiro atoms. The number of thiazole rings is 1. The van der Waals surface area contributed by atoms with Crippen LogP contribution in [0.3, 0.4) is 0 Å². The van der Waals surface area contributed by atoms with Gasteiger partial charge in [-0.3, -0.25) is 5.10 Å². The SMILES string of the molecule is CC(N)C(C)c1csc(-c2ncn[nH]2)n1. The van der Waals surface area contributed by atoms with Gasteiger partial charge >= 0.3 is 0 Å². The molecule has 0 aliphatic heterocycles. The van der Waals surface area contributed by atoms with Gasteiger partial charge in [-0.1, -0.05) is 6.92 Å². The van der Waals surface area contributed by atoms with Crippen molar-refractivity contribution in [2.75, 3.05) is 0 Å². The first-order valence-electron chi connectivity index (χ1n) is 4.75. The van der Waals surface area contributed by atoms with E-state index < -0.39 is 0 Å². The Kier molecular flexibility index (Phi) is 2.79. The standard InChI is InChI=1S/C9H13N5S/c1-5(6(2)10)7-3-15-9(13-7)8-11-4-12-14-8/h3-6H,10H2,1-2H3,(H,11,12,14). The van der Waals surface area contributed by atoms with Crippen LogP contribution in [0.15, 0.2) is 11.7 Å². The highest BCUT2D eigenvalue weighted by Gasteiger charge is 2.15. The van der Waals surface area contributed by atoms with Gasteiger partial charge in [0.2, 0.25) is 0 Å². The third-order valence-corrected chi connectivity index (χ3v) is 3.26. The van der Waals surface area contributed by atoms with Gasteiger partial charge in [-0.2, -0.15) is 5.10 Å². The van der Waals surface area contributed by atoms with Crippen molar-refractivity contribution < 1.29 is 0 Å². The Hall–Kier alpha value is -1.27. The maximum Gasteiger partial charge on any atom is 0.184 e. The highest BCUT2D eigenvalue weighted by Crippen LogP contribution is 2.25. The zero-order valence-corrected chi connectivity index (χ0v) is 9.45. The first-order chi connectivity index (χ1) is 7.18. The van der Waals surface area contributed by atoms with Crippen molar-refractivity contribution in [2.45, 2.75) is 25.8 Å². The van der Waals surface area contributed by atoms with Gasteiger partial charge in [0.15, 0.2) is 10.8 Å². The van der Waals surface area contributed by atoms with Crippen LogP contribution in [-0.4, -0.2) is 26.2 Å². The van der Waals surface area contributed by atoms with Crippen molar-refractivity contribution in [2.24, 2.45) is 5.73 Å². The normalized spacial score (nSPS) is 15.1. The Morgan fingerprint density at radius 1 is 1.47 bits per heavy atom. The number of rotatable bonds is 3. The lowest BCUT2D eigenvalue weighted by atomic mass is 10.0. The fourth-order valence-corrected chi connectivity index (χ4v) is 2.05. The number of nitrogens with zero attached hydrogens (tertiary/aromatic N) is 3. The first kappa shape index (κ1) is 10.3. The topological polar surface area (TPSA) is 80.5 Å².